The zero-order chi connectivity index (χ0) is 76.6. The highest BCUT2D eigenvalue weighted by Gasteiger charge is 2.28. The van der Waals surface area contributed by atoms with Crippen molar-refractivity contribution in [1.29, 1.82) is 0 Å². The Bertz CT molecular complexity index is 5690. The fourth-order valence-corrected chi connectivity index (χ4v) is 19.2. The normalized spacial score (nSPS) is 12.3. The molecule has 14 rings (SSSR count). The van der Waals surface area contributed by atoms with Crippen molar-refractivity contribution in [3.05, 3.63) is 145 Å². The maximum Gasteiger partial charge on any atom is 0.287 e. The highest BCUT2D eigenvalue weighted by molar-refractivity contribution is 6.45. The number of hydrogen-bond donors (Lipinski definition) is 1. The average molecular weight is 1480 g/mol. The lowest BCUT2D eigenvalue weighted by atomic mass is 9.82. The lowest BCUT2D eigenvalue weighted by Gasteiger charge is -2.21. The van der Waals surface area contributed by atoms with Crippen molar-refractivity contribution >= 4 is 142 Å². The summed E-state index contributed by atoms with van der Waals surface area (Å²) in [6.45, 7) is 9.11. The lowest BCUT2D eigenvalue weighted by molar-refractivity contribution is -0.385. The largest absolute Gasteiger partial charge is 0.502 e. The molecule has 0 saturated heterocycles. The number of nitro benzene ring substituents is 1. The van der Waals surface area contributed by atoms with Gasteiger partial charge in [-0.05, 0) is 127 Å². The Hall–Kier alpha value is -9.06. The monoisotopic (exact) mass is 1480 g/mol. The predicted octanol–water partition coefficient (Wildman–Crippen LogP) is 28.0. The van der Waals surface area contributed by atoms with Crippen molar-refractivity contribution in [2.75, 3.05) is 0 Å². The fraction of sp³-hybridized carbons (Fsp3) is 0.500. The molecule has 578 valence electrons. The summed E-state index contributed by atoms with van der Waals surface area (Å²) in [4.78, 5) is 53.8. The van der Waals surface area contributed by atoms with Gasteiger partial charge < -0.3 is 5.53 Å². The fourth-order valence-electron chi connectivity index (χ4n) is 19.2. The molecule has 0 amide bonds. The van der Waals surface area contributed by atoms with Gasteiger partial charge in [-0.3, -0.25) is 33.6 Å². The van der Waals surface area contributed by atoms with Crippen molar-refractivity contribution in [2.45, 2.75) is 310 Å². The molecule has 14 aromatic rings. The van der Waals surface area contributed by atoms with E-state index in [2.05, 4.69) is 117 Å². The average Bonchev–Trinajstić information content (AvgIpc) is 1.32. The highest BCUT2D eigenvalue weighted by atomic mass is 16.6. The van der Waals surface area contributed by atoms with Gasteiger partial charge in [0.1, 0.15) is 16.9 Å². The molecule has 0 aliphatic carbocycles. The van der Waals surface area contributed by atoms with Crippen LogP contribution in [0.1, 0.15) is 321 Å². The predicted molar refractivity (Wildman–Crippen MR) is 471 cm³/mol. The topological polar surface area (TPSA) is 148 Å². The molecule has 0 fully saturated rings. The van der Waals surface area contributed by atoms with E-state index in [1.165, 1.54) is 250 Å². The van der Waals surface area contributed by atoms with E-state index in [-0.39, 0.29) is 33.6 Å². The third kappa shape index (κ3) is 17.0. The summed E-state index contributed by atoms with van der Waals surface area (Å²) in [5, 5.41) is 32.9. The third-order valence-corrected chi connectivity index (χ3v) is 25.3. The SMILES string of the molecule is CCCCCCCCCCCCC(C#Cc1cc2nc3c4ccc5c6ccc7c8ccc9c(=O)n%10c%11cc([N+](=O)[O-])c(C#CC(CCCCCCCCCCCC)CCCCCCCCCCCC)cc%11nc%10c%10ccc(c%11ccc(c%12ccc(c(=O)n3c2cc1[NH+]=[N-])c4c5%12)c6c7%11)c8c9%10)CCCCCCCCCCCC. The number of aromatic nitrogens is 4. The van der Waals surface area contributed by atoms with Crippen molar-refractivity contribution in [3.8, 4) is 23.7 Å². The minimum absolute atomic E-state index is 0.107. The van der Waals surface area contributed by atoms with Gasteiger partial charge in [-0.2, -0.15) is 0 Å². The Balaban J connectivity index is 0.767. The number of pyridine rings is 2. The second kappa shape index (κ2) is 38.0. The van der Waals surface area contributed by atoms with Crippen molar-refractivity contribution in [1.82, 2.24) is 18.8 Å². The first kappa shape index (κ1) is 78.6. The number of nitrogens with one attached hydrogen (secondary N) is 1. The summed E-state index contributed by atoms with van der Waals surface area (Å²) in [6.07, 6.45) is 55.7. The Morgan fingerprint density at radius 3 is 0.901 bits per heavy atom. The molecular weight excluding hydrogens is 1360 g/mol. The smallest absolute Gasteiger partial charge is 0.287 e. The first-order valence-corrected chi connectivity index (χ1v) is 44.3. The summed E-state index contributed by atoms with van der Waals surface area (Å²) in [6, 6.07) is 32.7. The van der Waals surface area contributed by atoms with E-state index in [0.717, 1.165) is 125 Å². The maximum atomic E-state index is 15.3. The number of fused-ring (bicyclic) bond motifs is 12. The molecule has 10 aromatic carbocycles. The van der Waals surface area contributed by atoms with Crippen LogP contribution in [0.25, 0.3) is 136 Å². The van der Waals surface area contributed by atoms with Gasteiger partial charge in [0.2, 0.25) is 5.69 Å². The van der Waals surface area contributed by atoms with Crippen LogP contribution in [-0.2, 0) is 0 Å². The van der Waals surface area contributed by atoms with Crippen molar-refractivity contribution < 1.29 is 10.0 Å². The molecule has 11 nitrogen and oxygen atoms in total. The number of rotatable bonds is 46. The van der Waals surface area contributed by atoms with E-state index < -0.39 is 0 Å². The van der Waals surface area contributed by atoms with Gasteiger partial charge in [-0.1, -0.05) is 357 Å². The van der Waals surface area contributed by atoms with Crippen LogP contribution in [0, 0.1) is 45.6 Å². The molecule has 0 spiro atoms. The van der Waals surface area contributed by atoms with Crippen LogP contribution >= 0.6 is 0 Å². The summed E-state index contributed by atoms with van der Waals surface area (Å²) in [5.41, 5.74) is 15.0. The summed E-state index contributed by atoms with van der Waals surface area (Å²) >= 11 is 0. The minimum atomic E-state index is -0.350. The van der Waals surface area contributed by atoms with Crippen molar-refractivity contribution in [2.24, 2.45) is 11.8 Å². The van der Waals surface area contributed by atoms with Crippen LogP contribution in [0.15, 0.2) is 107 Å². The van der Waals surface area contributed by atoms with Crippen LogP contribution in [0.4, 0.5) is 11.4 Å². The van der Waals surface area contributed by atoms with Gasteiger partial charge in [0.25, 0.3) is 16.8 Å². The molecule has 0 saturated carbocycles. The number of nitrogens with zero attached hydrogens (tertiary/aromatic N) is 6. The number of unbranched alkanes of at least 4 members (excludes halogenated alkanes) is 36. The standard InChI is InChI=1S/C100H119N7O4/c1-5-9-13-17-21-25-29-33-37-41-45-69(46-42-38-34-30-26-22-18-14-10-6-2)49-51-71-65-86-89(67-85(71)104-101)105-97(102-86)81-61-57-77-73-53-56-76-80-60-64-84-96-82(62-58-78(94(80)96)74-54-55-75(91(73)92(74)76)79-59-63-83(99(105)108)95(81)93(77)79)98-103-87-66-72(88(107(110)111)68-90(87)106(98)100(84)109)52-50-70(47-43-39-35-31-27-23-19-15-11-7-3)48-44-40-36-32-28-24-20-16-12-8-4/h53-70,104H,5-48H2,1-4H3. The molecule has 111 heavy (non-hydrogen) atoms. The van der Waals surface area contributed by atoms with Gasteiger partial charge in [0, 0.05) is 56.3 Å². The van der Waals surface area contributed by atoms with E-state index in [9.17, 15) is 15.6 Å². The molecule has 11 heteroatoms. The second-order valence-corrected chi connectivity index (χ2v) is 33.3. The molecular formula is C100H119N7O4. The Morgan fingerprint density at radius 1 is 0.351 bits per heavy atom. The number of benzene rings is 10. The first-order chi connectivity index (χ1) is 54.7. The minimum Gasteiger partial charge on any atom is -0.502 e. The van der Waals surface area contributed by atoms with E-state index in [1.807, 2.05) is 24.3 Å². The lowest BCUT2D eigenvalue weighted by Crippen LogP contribution is -2.55. The second-order valence-electron chi connectivity index (χ2n) is 33.3. The maximum absolute atomic E-state index is 15.3. The van der Waals surface area contributed by atoms with Gasteiger partial charge in [0.05, 0.1) is 32.6 Å². The van der Waals surface area contributed by atoms with Gasteiger partial charge in [-0.15, -0.1) is 0 Å². The number of hydrogen-bond acceptors (Lipinski definition) is 6. The summed E-state index contributed by atoms with van der Waals surface area (Å²) in [5.74, 6) is 14.6. The van der Waals surface area contributed by atoms with Gasteiger partial charge in [-0.25, -0.2) is 9.97 Å². The summed E-state index contributed by atoms with van der Waals surface area (Å²) in [7, 11) is 0. The Kier molecular flexibility index (Phi) is 26.9. The van der Waals surface area contributed by atoms with Gasteiger partial charge >= 0.3 is 0 Å². The molecule has 4 aromatic heterocycles. The molecule has 0 unspecified atom stereocenters. The molecule has 0 aliphatic heterocycles. The van der Waals surface area contributed by atoms with Crippen LogP contribution in [-0.4, -0.2) is 23.7 Å². The quantitative estimate of drug-likeness (QED) is 0.00764. The Labute approximate surface area is 656 Å². The van der Waals surface area contributed by atoms with Crippen molar-refractivity contribution in [3.63, 3.8) is 0 Å². The number of imidazole rings is 2. The molecule has 4 heterocycles. The zero-order valence-corrected chi connectivity index (χ0v) is 67.3. The van der Waals surface area contributed by atoms with E-state index in [1.54, 1.807) is 14.9 Å². The zero-order valence-electron chi connectivity index (χ0n) is 67.3. The van der Waals surface area contributed by atoms with Crippen LogP contribution in [0.3, 0.4) is 0 Å². The molecule has 0 aliphatic rings. The van der Waals surface area contributed by atoms with Crippen LogP contribution < -0.4 is 16.2 Å². The number of nitro groups is 1. The summed E-state index contributed by atoms with van der Waals surface area (Å²) < 4.78 is 3.31. The first-order valence-electron chi connectivity index (χ1n) is 44.3. The molecule has 0 radical (unpaired) electrons. The van der Waals surface area contributed by atoms with E-state index >= 15 is 9.59 Å². The van der Waals surface area contributed by atoms with E-state index in [0.29, 0.717) is 60.9 Å². The highest BCUT2D eigenvalue weighted by Crippen LogP contribution is 2.50. The molecule has 0 bridgehead atoms. The van der Waals surface area contributed by atoms with E-state index in [4.69, 9.17) is 9.97 Å². The van der Waals surface area contributed by atoms with Gasteiger partial charge in [0.15, 0.2) is 0 Å². The third-order valence-electron chi connectivity index (χ3n) is 25.3. The molecule has 1 N–H and O–H groups in total. The van der Waals surface area contributed by atoms with Crippen LogP contribution in [0.2, 0.25) is 0 Å². The molecule has 0 atom stereocenters. The Morgan fingerprint density at radius 2 is 0.604 bits per heavy atom. The van der Waals surface area contributed by atoms with Crippen LogP contribution in [0.5, 0.6) is 0 Å².